The number of aryl methyl sites for hydroxylation is 3. The molecular weight excluding hydrogens is 364 g/mol. The average molecular weight is 387 g/mol. The highest BCUT2D eigenvalue weighted by Crippen LogP contribution is 2.27. The Bertz CT molecular complexity index is 1100. The Morgan fingerprint density at radius 3 is 2.46 bits per heavy atom. The van der Waals surface area contributed by atoms with Crippen molar-refractivity contribution in [3.05, 3.63) is 82.6 Å². The van der Waals surface area contributed by atoms with Gasteiger partial charge in [-0.3, -0.25) is 0 Å². The summed E-state index contributed by atoms with van der Waals surface area (Å²) in [4.78, 5) is 13.9. The van der Waals surface area contributed by atoms with Crippen LogP contribution >= 0.6 is 11.3 Å². The van der Waals surface area contributed by atoms with E-state index in [4.69, 9.17) is 4.98 Å². The summed E-state index contributed by atoms with van der Waals surface area (Å²) < 4.78 is 0. The lowest BCUT2D eigenvalue weighted by Crippen LogP contribution is -2.04. The van der Waals surface area contributed by atoms with E-state index >= 15 is 0 Å². The van der Waals surface area contributed by atoms with Gasteiger partial charge in [0.05, 0.1) is 17.9 Å². The van der Waals surface area contributed by atoms with Crippen molar-refractivity contribution in [2.45, 2.75) is 27.3 Å². The second kappa shape index (κ2) is 7.90. The third-order valence-electron chi connectivity index (χ3n) is 4.56. The predicted molar refractivity (Wildman–Crippen MR) is 117 cm³/mol. The van der Waals surface area contributed by atoms with Crippen molar-refractivity contribution in [1.29, 1.82) is 0 Å². The maximum Gasteiger partial charge on any atom is 0.130 e. The third-order valence-corrected chi connectivity index (χ3v) is 5.49. The zero-order chi connectivity index (χ0) is 19.5. The Labute approximate surface area is 169 Å². The lowest BCUT2D eigenvalue weighted by Gasteiger charge is -2.08. The zero-order valence-corrected chi connectivity index (χ0v) is 17.0. The van der Waals surface area contributed by atoms with Crippen molar-refractivity contribution in [3.8, 4) is 21.8 Å². The van der Waals surface area contributed by atoms with Crippen molar-refractivity contribution >= 4 is 17.2 Å². The minimum atomic E-state index is 0.631. The van der Waals surface area contributed by atoms with Crippen LogP contribution in [0.4, 0.5) is 5.82 Å². The van der Waals surface area contributed by atoms with Crippen LogP contribution in [-0.2, 0) is 6.54 Å². The van der Waals surface area contributed by atoms with E-state index in [2.05, 4.69) is 83.0 Å². The van der Waals surface area contributed by atoms with Crippen LogP contribution in [0.3, 0.4) is 0 Å². The first-order valence-electron chi connectivity index (χ1n) is 9.25. The summed E-state index contributed by atoms with van der Waals surface area (Å²) in [5.74, 6) is 1.56. The number of hydrogen-bond acceptors (Lipinski definition) is 5. The number of nitrogens with one attached hydrogen (secondary N) is 1. The molecule has 0 aliphatic heterocycles. The summed E-state index contributed by atoms with van der Waals surface area (Å²) in [6.45, 7) is 6.75. The van der Waals surface area contributed by atoms with E-state index in [1.54, 1.807) is 11.3 Å². The first kappa shape index (κ1) is 18.3. The lowest BCUT2D eigenvalue weighted by molar-refractivity contribution is 1.01. The van der Waals surface area contributed by atoms with Crippen LogP contribution in [0.25, 0.3) is 21.8 Å². The molecule has 0 aliphatic rings. The van der Waals surface area contributed by atoms with Crippen LogP contribution in [0.2, 0.25) is 0 Å². The van der Waals surface area contributed by atoms with Gasteiger partial charge in [-0.15, -0.1) is 11.3 Å². The molecule has 0 amide bonds. The monoisotopic (exact) mass is 386 g/mol. The van der Waals surface area contributed by atoms with Crippen molar-refractivity contribution < 1.29 is 0 Å². The Hall–Kier alpha value is -3.05. The molecule has 0 fully saturated rings. The summed E-state index contributed by atoms with van der Waals surface area (Å²) in [7, 11) is 0. The number of rotatable bonds is 5. The average Bonchev–Trinajstić information content (AvgIpc) is 3.16. The molecule has 4 rings (SSSR count). The SMILES string of the molecule is Cc1ccc(-c2cc(NCc3csc(-c4ccccc4C)n3)nc(C)n2)cc1. The number of nitrogens with zero attached hydrogens (tertiary/aromatic N) is 3. The van der Waals surface area contributed by atoms with Crippen LogP contribution in [0, 0.1) is 20.8 Å². The molecule has 2 aromatic carbocycles. The largest absolute Gasteiger partial charge is 0.364 e. The topological polar surface area (TPSA) is 50.7 Å². The molecule has 0 aliphatic carbocycles. The summed E-state index contributed by atoms with van der Waals surface area (Å²) in [5.41, 5.74) is 6.70. The van der Waals surface area contributed by atoms with Gasteiger partial charge in [0, 0.05) is 22.6 Å². The Morgan fingerprint density at radius 2 is 1.68 bits per heavy atom. The smallest absolute Gasteiger partial charge is 0.130 e. The number of hydrogen-bond donors (Lipinski definition) is 1. The van der Waals surface area contributed by atoms with E-state index in [0.29, 0.717) is 6.54 Å². The first-order chi connectivity index (χ1) is 13.6. The number of anilines is 1. The van der Waals surface area contributed by atoms with Gasteiger partial charge in [-0.05, 0) is 26.3 Å². The lowest BCUT2D eigenvalue weighted by atomic mass is 10.1. The van der Waals surface area contributed by atoms with Crippen LogP contribution in [0.1, 0.15) is 22.6 Å². The summed E-state index contributed by atoms with van der Waals surface area (Å²) in [5, 5.41) is 6.55. The Balaban J connectivity index is 1.51. The van der Waals surface area contributed by atoms with Crippen LogP contribution in [0.5, 0.6) is 0 Å². The van der Waals surface area contributed by atoms with E-state index in [9.17, 15) is 0 Å². The summed E-state index contributed by atoms with van der Waals surface area (Å²) in [6.07, 6.45) is 0. The standard InChI is InChI=1S/C23H22N4S/c1-15-8-10-18(11-9-15)21-12-22(26-17(3)25-21)24-13-19-14-28-23(27-19)20-7-5-4-6-16(20)2/h4-12,14H,13H2,1-3H3,(H,24,25,26). The minimum Gasteiger partial charge on any atom is -0.364 e. The fourth-order valence-corrected chi connectivity index (χ4v) is 3.95. The van der Waals surface area contributed by atoms with Gasteiger partial charge in [-0.25, -0.2) is 15.0 Å². The van der Waals surface area contributed by atoms with Crippen molar-refractivity contribution in [2.24, 2.45) is 0 Å². The molecule has 0 unspecified atom stereocenters. The molecule has 0 atom stereocenters. The van der Waals surface area contributed by atoms with Gasteiger partial charge in [0.15, 0.2) is 0 Å². The zero-order valence-electron chi connectivity index (χ0n) is 16.2. The molecule has 4 nitrogen and oxygen atoms in total. The van der Waals surface area contributed by atoms with Crippen molar-refractivity contribution in [3.63, 3.8) is 0 Å². The predicted octanol–water partition coefficient (Wildman–Crippen LogP) is 5.80. The van der Waals surface area contributed by atoms with E-state index in [1.807, 2.05) is 13.0 Å². The molecule has 0 spiro atoms. The van der Waals surface area contributed by atoms with Gasteiger partial charge in [0.2, 0.25) is 0 Å². The fraction of sp³-hybridized carbons (Fsp3) is 0.174. The molecular formula is C23H22N4S. The van der Waals surface area contributed by atoms with Crippen LogP contribution < -0.4 is 5.32 Å². The Kier molecular flexibility index (Phi) is 5.17. The summed E-state index contributed by atoms with van der Waals surface area (Å²) in [6, 6.07) is 18.7. The summed E-state index contributed by atoms with van der Waals surface area (Å²) >= 11 is 1.67. The fourth-order valence-electron chi connectivity index (χ4n) is 3.04. The number of benzene rings is 2. The number of aromatic nitrogens is 3. The molecule has 140 valence electrons. The highest BCUT2D eigenvalue weighted by molar-refractivity contribution is 7.13. The molecule has 0 saturated carbocycles. The second-order valence-corrected chi connectivity index (χ2v) is 7.72. The molecule has 28 heavy (non-hydrogen) atoms. The maximum atomic E-state index is 4.78. The third kappa shape index (κ3) is 4.10. The van der Waals surface area contributed by atoms with Crippen LogP contribution in [-0.4, -0.2) is 15.0 Å². The van der Waals surface area contributed by atoms with Crippen LogP contribution in [0.15, 0.2) is 60.0 Å². The van der Waals surface area contributed by atoms with E-state index in [-0.39, 0.29) is 0 Å². The molecule has 4 aromatic rings. The van der Waals surface area contributed by atoms with E-state index in [1.165, 1.54) is 16.7 Å². The second-order valence-electron chi connectivity index (χ2n) is 6.86. The number of thiazole rings is 1. The molecule has 1 N–H and O–H groups in total. The molecule has 2 heterocycles. The maximum absolute atomic E-state index is 4.78. The highest BCUT2D eigenvalue weighted by atomic mass is 32.1. The van der Waals surface area contributed by atoms with Gasteiger partial charge in [0.1, 0.15) is 16.6 Å². The quantitative estimate of drug-likeness (QED) is 0.471. The van der Waals surface area contributed by atoms with Crippen molar-refractivity contribution in [2.75, 3.05) is 5.32 Å². The van der Waals surface area contributed by atoms with Gasteiger partial charge >= 0.3 is 0 Å². The molecule has 0 radical (unpaired) electrons. The molecule has 5 heteroatoms. The van der Waals surface area contributed by atoms with Gasteiger partial charge in [-0.1, -0.05) is 54.1 Å². The minimum absolute atomic E-state index is 0.631. The Morgan fingerprint density at radius 1 is 0.893 bits per heavy atom. The molecule has 0 bridgehead atoms. The van der Waals surface area contributed by atoms with Gasteiger partial charge < -0.3 is 5.32 Å². The van der Waals surface area contributed by atoms with E-state index in [0.717, 1.165) is 33.6 Å². The van der Waals surface area contributed by atoms with Crippen molar-refractivity contribution in [1.82, 2.24) is 15.0 Å². The van der Waals surface area contributed by atoms with Gasteiger partial charge in [-0.2, -0.15) is 0 Å². The first-order valence-corrected chi connectivity index (χ1v) is 10.1. The molecule has 0 saturated heterocycles. The highest BCUT2D eigenvalue weighted by Gasteiger charge is 2.08. The molecule has 2 aromatic heterocycles. The normalized spacial score (nSPS) is 10.8. The van der Waals surface area contributed by atoms with E-state index < -0.39 is 0 Å². The van der Waals surface area contributed by atoms with Gasteiger partial charge in [0.25, 0.3) is 0 Å².